The van der Waals surface area contributed by atoms with Crippen LogP contribution in [0.25, 0.3) is 10.9 Å². The van der Waals surface area contributed by atoms with Gasteiger partial charge in [0.1, 0.15) is 12.3 Å². The molecule has 2 aromatic rings. The van der Waals surface area contributed by atoms with E-state index in [9.17, 15) is 13.6 Å². The second-order valence-corrected chi connectivity index (χ2v) is 4.09. The van der Waals surface area contributed by atoms with Crippen molar-refractivity contribution in [2.45, 2.75) is 5.92 Å². The normalized spacial score (nSPS) is 11.5. The Balaban J connectivity index is 2.13. The van der Waals surface area contributed by atoms with Crippen LogP contribution >= 0.6 is 0 Å². The second kappa shape index (κ2) is 5.27. The summed E-state index contributed by atoms with van der Waals surface area (Å²) in [7, 11) is 0. The Morgan fingerprint density at radius 1 is 1.26 bits per heavy atom. The molecule has 0 aliphatic heterocycles. The van der Waals surface area contributed by atoms with Crippen LogP contribution in [-0.4, -0.2) is 35.1 Å². The van der Waals surface area contributed by atoms with Gasteiger partial charge in [0.2, 0.25) is 0 Å². The summed E-state index contributed by atoms with van der Waals surface area (Å²) in [6.45, 7) is -2.23. The van der Waals surface area contributed by atoms with Gasteiger partial charge in [-0.05, 0) is 12.1 Å². The number of hydrogen-bond acceptors (Lipinski definition) is 3. The lowest BCUT2D eigenvalue weighted by Crippen LogP contribution is -2.39. The Morgan fingerprint density at radius 3 is 2.74 bits per heavy atom. The predicted molar refractivity (Wildman–Crippen MR) is 66.1 cm³/mol. The first-order chi connectivity index (χ1) is 9.02. The van der Waals surface area contributed by atoms with Crippen molar-refractivity contribution in [1.29, 1.82) is 0 Å². The van der Waals surface area contributed by atoms with Crippen LogP contribution < -0.4 is 5.32 Å². The molecule has 1 aromatic carbocycles. The van der Waals surface area contributed by atoms with Crippen molar-refractivity contribution in [3.05, 3.63) is 42.1 Å². The SMILES string of the molecule is O=C(NCC(F)(F)CO)c1ccc2ccccc2n1. The van der Waals surface area contributed by atoms with Gasteiger partial charge in [-0.15, -0.1) is 0 Å². The Bertz CT molecular complexity index is 602. The zero-order valence-corrected chi connectivity index (χ0v) is 9.94. The molecule has 0 atom stereocenters. The van der Waals surface area contributed by atoms with Gasteiger partial charge in [-0.25, -0.2) is 13.8 Å². The minimum atomic E-state index is -3.33. The molecule has 19 heavy (non-hydrogen) atoms. The summed E-state index contributed by atoms with van der Waals surface area (Å²) in [5, 5.41) is 11.3. The summed E-state index contributed by atoms with van der Waals surface area (Å²) < 4.78 is 25.6. The highest BCUT2D eigenvalue weighted by Gasteiger charge is 2.28. The summed E-state index contributed by atoms with van der Waals surface area (Å²) in [4.78, 5) is 15.7. The number of amides is 1. The average Bonchev–Trinajstić information content (AvgIpc) is 2.44. The second-order valence-electron chi connectivity index (χ2n) is 4.09. The number of carbonyl (C=O) groups excluding carboxylic acids is 1. The maximum Gasteiger partial charge on any atom is 0.287 e. The van der Waals surface area contributed by atoms with Crippen LogP contribution in [-0.2, 0) is 0 Å². The molecule has 1 heterocycles. The predicted octanol–water partition coefficient (Wildman–Crippen LogP) is 1.59. The molecular weight excluding hydrogens is 254 g/mol. The zero-order valence-electron chi connectivity index (χ0n) is 9.94. The van der Waals surface area contributed by atoms with E-state index in [1.165, 1.54) is 6.07 Å². The van der Waals surface area contributed by atoms with Crippen LogP contribution in [0, 0.1) is 0 Å². The fourth-order valence-electron chi connectivity index (χ4n) is 1.55. The highest BCUT2D eigenvalue weighted by Crippen LogP contribution is 2.13. The molecule has 0 bridgehead atoms. The monoisotopic (exact) mass is 266 g/mol. The van der Waals surface area contributed by atoms with Crippen molar-refractivity contribution in [3.8, 4) is 0 Å². The third kappa shape index (κ3) is 3.23. The lowest BCUT2D eigenvalue weighted by molar-refractivity contribution is -0.0462. The van der Waals surface area contributed by atoms with E-state index in [2.05, 4.69) is 4.98 Å². The van der Waals surface area contributed by atoms with E-state index in [1.54, 1.807) is 18.2 Å². The summed E-state index contributed by atoms with van der Waals surface area (Å²) in [6, 6.07) is 10.3. The summed E-state index contributed by atoms with van der Waals surface area (Å²) >= 11 is 0. The number of para-hydroxylation sites is 1. The number of rotatable bonds is 4. The molecule has 2 rings (SSSR count). The largest absolute Gasteiger partial charge is 0.390 e. The van der Waals surface area contributed by atoms with E-state index in [4.69, 9.17) is 5.11 Å². The van der Waals surface area contributed by atoms with E-state index in [0.717, 1.165) is 5.39 Å². The highest BCUT2D eigenvalue weighted by molar-refractivity contribution is 5.94. The Kier molecular flexibility index (Phi) is 3.71. The highest BCUT2D eigenvalue weighted by atomic mass is 19.3. The molecule has 0 fully saturated rings. The quantitative estimate of drug-likeness (QED) is 0.883. The Labute approximate surface area is 108 Å². The lowest BCUT2D eigenvalue weighted by atomic mass is 10.2. The van der Waals surface area contributed by atoms with Crippen molar-refractivity contribution in [2.75, 3.05) is 13.2 Å². The minimum absolute atomic E-state index is 0.0624. The van der Waals surface area contributed by atoms with E-state index >= 15 is 0 Å². The molecule has 1 aromatic heterocycles. The molecule has 0 spiro atoms. The maximum absolute atomic E-state index is 12.8. The average molecular weight is 266 g/mol. The van der Waals surface area contributed by atoms with Crippen molar-refractivity contribution in [2.24, 2.45) is 0 Å². The van der Waals surface area contributed by atoms with Crippen LogP contribution in [0.2, 0.25) is 0 Å². The van der Waals surface area contributed by atoms with Crippen molar-refractivity contribution in [1.82, 2.24) is 10.3 Å². The van der Waals surface area contributed by atoms with Gasteiger partial charge in [-0.3, -0.25) is 4.79 Å². The van der Waals surface area contributed by atoms with Crippen LogP contribution in [0.1, 0.15) is 10.5 Å². The molecule has 100 valence electrons. The third-order valence-electron chi connectivity index (χ3n) is 2.57. The number of aliphatic hydroxyl groups is 1. The first-order valence-electron chi connectivity index (χ1n) is 5.64. The van der Waals surface area contributed by atoms with Crippen LogP contribution in [0.4, 0.5) is 8.78 Å². The Morgan fingerprint density at radius 2 is 2.00 bits per heavy atom. The number of carbonyl (C=O) groups is 1. The standard InChI is InChI=1S/C13H12F2N2O2/c14-13(15,8-18)7-16-12(19)11-6-5-9-3-1-2-4-10(9)17-11/h1-6,18H,7-8H2,(H,16,19). The number of aromatic nitrogens is 1. The number of nitrogens with one attached hydrogen (secondary N) is 1. The smallest absolute Gasteiger partial charge is 0.287 e. The third-order valence-corrected chi connectivity index (χ3v) is 2.57. The van der Waals surface area contributed by atoms with Crippen molar-refractivity contribution in [3.63, 3.8) is 0 Å². The lowest BCUT2D eigenvalue weighted by Gasteiger charge is -2.13. The van der Waals surface area contributed by atoms with Gasteiger partial charge in [0.25, 0.3) is 11.8 Å². The molecular formula is C13H12F2N2O2. The molecule has 0 aliphatic rings. The molecule has 0 saturated carbocycles. The summed E-state index contributed by atoms with van der Waals surface area (Å²) in [5.74, 6) is -4.02. The van der Waals surface area contributed by atoms with Crippen LogP contribution in [0.3, 0.4) is 0 Å². The number of hydrogen-bond donors (Lipinski definition) is 2. The number of aliphatic hydroxyl groups excluding tert-OH is 1. The van der Waals surface area contributed by atoms with Crippen molar-refractivity contribution >= 4 is 16.8 Å². The number of benzene rings is 1. The molecule has 0 saturated heterocycles. The molecule has 2 N–H and O–H groups in total. The topological polar surface area (TPSA) is 62.2 Å². The molecule has 0 unspecified atom stereocenters. The number of fused-ring (bicyclic) bond motifs is 1. The summed E-state index contributed by atoms with van der Waals surface area (Å²) in [6.07, 6.45) is 0. The van der Waals surface area contributed by atoms with Gasteiger partial charge in [-0.2, -0.15) is 0 Å². The Hall–Kier alpha value is -2.08. The number of pyridine rings is 1. The number of halogens is 2. The first kappa shape index (κ1) is 13.4. The van der Waals surface area contributed by atoms with E-state index < -0.39 is 25.0 Å². The molecule has 0 aliphatic carbocycles. The fraction of sp³-hybridized carbons (Fsp3) is 0.231. The number of alkyl halides is 2. The molecule has 0 radical (unpaired) electrons. The van der Waals surface area contributed by atoms with Gasteiger partial charge in [0.15, 0.2) is 0 Å². The molecule has 4 nitrogen and oxygen atoms in total. The first-order valence-corrected chi connectivity index (χ1v) is 5.64. The van der Waals surface area contributed by atoms with Crippen molar-refractivity contribution < 1.29 is 18.7 Å². The van der Waals surface area contributed by atoms with E-state index in [1.807, 2.05) is 17.4 Å². The maximum atomic E-state index is 12.8. The van der Waals surface area contributed by atoms with Crippen LogP contribution in [0.15, 0.2) is 36.4 Å². The minimum Gasteiger partial charge on any atom is -0.390 e. The molecule has 6 heteroatoms. The molecule has 1 amide bonds. The van der Waals surface area contributed by atoms with Gasteiger partial charge in [0, 0.05) is 5.39 Å². The van der Waals surface area contributed by atoms with Crippen LogP contribution in [0.5, 0.6) is 0 Å². The van der Waals surface area contributed by atoms with E-state index in [0.29, 0.717) is 5.52 Å². The fourth-order valence-corrected chi connectivity index (χ4v) is 1.55. The van der Waals surface area contributed by atoms with Gasteiger partial charge in [0.05, 0.1) is 12.1 Å². The van der Waals surface area contributed by atoms with Gasteiger partial charge >= 0.3 is 0 Å². The zero-order chi connectivity index (χ0) is 13.9. The number of nitrogens with zero attached hydrogens (tertiary/aromatic N) is 1. The summed E-state index contributed by atoms with van der Waals surface area (Å²) in [5.41, 5.74) is 0.677. The van der Waals surface area contributed by atoms with Gasteiger partial charge < -0.3 is 10.4 Å². The van der Waals surface area contributed by atoms with E-state index in [-0.39, 0.29) is 5.69 Å². The van der Waals surface area contributed by atoms with Gasteiger partial charge in [-0.1, -0.05) is 24.3 Å².